The van der Waals surface area contributed by atoms with Crippen LogP contribution in [0.5, 0.6) is 0 Å². The number of hydrogen-bond acceptors (Lipinski definition) is 6. The van der Waals surface area contributed by atoms with Crippen LogP contribution in [0.1, 0.15) is 17.0 Å². The van der Waals surface area contributed by atoms with E-state index < -0.39 is 30.1 Å². The molecule has 1 N–H and O–H groups in total. The summed E-state index contributed by atoms with van der Waals surface area (Å²) in [6, 6.07) is 16.2. The van der Waals surface area contributed by atoms with Gasteiger partial charge in [-0.1, -0.05) is 60.1 Å². The molecule has 2 atom stereocenters. The zero-order valence-electron chi connectivity index (χ0n) is 18.2. The number of carboxylic acids is 1. The lowest BCUT2D eigenvalue weighted by molar-refractivity contribution is -0.141. The first-order valence-electron chi connectivity index (χ1n) is 10.2. The molecule has 3 rings (SSSR count). The second-order valence-electron chi connectivity index (χ2n) is 7.19. The molecular formula is C25H24ClNO6. The van der Waals surface area contributed by atoms with Gasteiger partial charge in [0.15, 0.2) is 0 Å². The van der Waals surface area contributed by atoms with Gasteiger partial charge in [0, 0.05) is 31.4 Å². The van der Waals surface area contributed by atoms with E-state index in [4.69, 9.17) is 25.8 Å². The SMILES string of the molecule is COC(OC)C1=C(C(=O)OC/C=C/c2ccccc2)C(c2ccc(Cl)cc2)C(C(=O)O)C=N1. The number of benzene rings is 2. The predicted octanol–water partition coefficient (Wildman–Crippen LogP) is 4.34. The Morgan fingerprint density at radius 1 is 1.09 bits per heavy atom. The number of nitrogens with zero attached hydrogens (tertiary/aromatic N) is 1. The van der Waals surface area contributed by atoms with Crippen LogP contribution in [-0.2, 0) is 23.8 Å². The minimum Gasteiger partial charge on any atom is -0.481 e. The zero-order chi connectivity index (χ0) is 23.8. The molecule has 172 valence electrons. The van der Waals surface area contributed by atoms with Crippen molar-refractivity contribution in [1.82, 2.24) is 0 Å². The summed E-state index contributed by atoms with van der Waals surface area (Å²) in [7, 11) is 2.81. The highest BCUT2D eigenvalue weighted by atomic mass is 35.5. The molecule has 8 heteroatoms. The van der Waals surface area contributed by atoms with Crippen molar-refractivity contribution in [2.75, 3.05) is 20.8 Å². The summed E-state index contributed by atoms with van der Waals surface area (Å²) in [5.74, 6) is -3.79. The van der Waals surface area contributed by atoms with E-state index in [1.54, 1.807) is 30.3 Å². The van der Waals surface area contributed by atoms with Crippen molar-refractivity contribution in [2.45, 2.75) is 12.2 Å². The molecule has 0 saturated carbocycles. The van der Waals surface area contributed by atoms with E-state index in [0.29, 0.717) is 10.6 Å². The monoisotopic (exact) mass is 469 g/mol. The standard InChI is InChI=1S/C25H24ClNO6/c1-31-25(32-2)22-21(24(30)33-14-6-9-16-7-4-3-5-8-16)20(19(15-27-22)23(28)29)17-10-12-18(26)13-11-17/h3-13,15,19-20,25H,14H2,1-2H3,(H,28,29)/b9-6+. The summed E-state index contributed by atoms with van der Waals surface area (Å²) in [6.45, 7) is -0.00999. The van der Waals surface area contributed by atoms with Crippen LogP contribution in [0.15, 0.2) is 76.9 Å². The number of esters is 1. The van der Waals surface area contributed by atoms with Crippen LogP contribution in [-0.4, -0.2) is 50.4 Å². The molecule has 0 aromatic heterocycles. The molecule has 0 fully saturated rings. The van der Waals surface area contributed by atoms with Crippen molar-refractivity contribution >= 4 is 35.8 Å². The van der Waals surface area contributed by atoms with Gasteiger partial charge in [-0.15, -0.1) is 0 Å². The summed E-state index contributed by atoms with van der Waals surface area (Å²) >= 11 is 6.01. The van der Waals surface area contributed by atoms with Crippen molar-refractivity contribution in [3.63, 3.8) is 0 Å². The minimum atomic E-state index is -1.13. The summed E-state index contributed by atoms with van der Waals surface area (Å²) in [6.07, 6.45) is 3.84. The molecule has 0 spiro atoms. The van der Waals surface area contributed by atoms with E-state index in [9.17, 15) is 14.7 Å². The summed E-state index contributed by atoms with van der Waals surface area (Å²) in [4.78, 5) is 29.5. The molecule has 1 aliphatic rings. The number of carbonyl (C=O) groups is 2. The van der Waals surface area contributed by atoms with Crippen LogP contribution in [0.3, 0.4) is 0 Å². The van der Waals surface area contributed by atoms with Gasteiger partial charge < -0.3 is 19.3 Å². The fourth-order valence-corrected chi connectivity index (χ4v) is 3.72. The van der Waals surface area contributed by atoms with Crippen LogP contribution < -0.4 is 0 Å². The average Bonchev–Trinajstić information content (AvgIpc) is 2.83. The molecular weight excluding hydrogens is 446 g/mol. The van der Waals surface area contributed by atoms with Gasteiger partial charge >= 0.3 is 11.9 Å². The molecule has 0 bridgehead atoms. The van der Waals surface area contributed by atoms with E-state index in [1.807, 2.05) is 36.4 Å². The van der Waals surface area contributed by atoms with Crippen LogP contribution >= 0.6 is 11.6 Å². The van der Waals surface area contributed by atoms with Crippen molar-refractivity contribution in [3.05, 3.63) is 88.1 Å². The molecule has 2 aromatic carbocycles. The Balaban J connectivity index is 1.97. The number of halogens is 1. The van der Waals surface area contributed by atoms with Crippen LogP contribution in [0.4, 0.5) is 0 Å². The summed E-state index contributed by atoms with van der Waals surface area (Å²) in [5.41, 5.74) is 1.76. The molecule has 2 aromatic rings. The third-order valence-corrected chi connectivity index (χ3v) is 5.38. The number of carboxylic acid groups (broad SMARTS) is 1. The van der Waals surface area contributed by atoms with Crippen molar-refractivity contribution in [2.24, 2.45) is 10.9 Å². The smallest absolute Gasteiger partial charge is 0.337 e. The lowest BCUT2D eigenvalue weighted by Crippen LogP contribution is -2.34. The molecule has 1 heterocycles. The Morgan fingerprint density at radius 2 is 1.76 bits per heavy atom. The summed E-state index contributed by atoms with van der Waals surface area (Å²) < 4.78 is 16.1. The van der Waals surface area contributed by atoms with E-state index >= 15 is 0 Å². The molecule has 33 heavy (non-hydrogen) atoms. The number of hydrogen-bond donors (Lipinski definition) is 1. The zero-order valence-corrected chi connectivity index (χ0v) is 18.9. The first-order chi connectivity index (χ1) is 16.0. The quantitative estimate of drug-likeness (QED) is 0.433. The molecule has 0 radical (unpaired) electrons. The number of ether oxygens (including phenoxy) is 3. The van der Waals surface area contributed by atoms with Gasteiger partial charge in [-0.05, 0) is 29.3 Å². The van der Waals surface area contributed by atoms with Crippen LogP contribution in [0.2, 0.25) is 5.02 Å². The van der Waals surface area contributed by atoms with Crippen LogP contribution in [0, 0.1) is 5.92 Å². The lowest BCUT2D eigenvalue weighted by Gasteiger charge is -2.30. The fourth-order valence-electron chi connectivity index (χ4n) is 3.59. The largest absolute Gasteiger partial charge is 0.481 e. The van der Waals surface area contributed by atoms with Gasteiger partial charge in [-0.3, -0.25) is 9.79 Å². The maximum absolute atomic E-state index is 13.3. The van der Waals surface area contributed by atoms with E-state index in [1.165, 1.54) is 20.4 Å². The molecule has 0 aliphatic carbocycles. The molecule has 7 nitrogen and oxygen atoms in total. The Kier molecular flexibility index (Phi) is 8.54. The lowest BCUT2D eigenvalue weighted by atomic mass is 9.78. The van der Waals surface area contributed by atoms with Gasteiger partial charge in [0.1, 0.15) is 18.2 Å². The third kappa shape index (κ3) is 5.96. The van der Waals surface area contributed by atoms with Gasteiger partial charge in [0.05, 0.1) is 5.57 Å². The molecule has 1 aliphatic heterocycles. The van der Waals surface area contributed by atoms with Crippen molar-refractivity contribution < 1.29 is 28.9 Å². The highest BCUT2D eigenvalue weighted by Gasteiger charge is 2.41. The molecule has 0 amide bonds. The molecule has 0 saturated heterocycles. The van der Waals surface area contributed by atoms with Crippen molar-refractivity contribution in [3.8, 4) is 0 Å². The predicted molar refractivity (Wildman–Crippen MR) is 125 cm³/mol. The second kappa shape index (κ2) is 11.6. The first-order valence-corrected chi connectivity index (χ1v) is 10.5. The maximum Gasteiger partial charge on any atom is 0.337 e. The van der Waals surface area contributed by atoms with E-state index in [2.05, 4.69) is 4.99 Å². The number of methoxy groups -OCH3 is 2. The Morgan fingerprint density at radius 3 is 2.36 bits per heavy atom. The molecule has 2 unspecified atom stereocenters. The minimum absolute atomic E-state index is 0.00999. The van der Waals surface area contributed by atoms with E-state index in [0.717, 1.165) is 5.56 Å². The van der Waals surface area contributed by atoms with Gasteiger partial charge in [-0.2, -0.15) is 0 Å². The summed E-state index contributed by atoms with van der Waals surface area (Å²) in [5, 5.41) is 10.3. The van der Waals surface area contributed by atoms with Crippen LogP contribution in [0.25, 0.3) is 6.08 Å². The normalized spacial score (nSPS) is 18.2. The second-order valence-corrected chi connectivity index (χ2v) is 7.62. The Hall–Kier alpha value is -3.26. The van der Waals surface area contributed by atoms with Gasteiger partial charge in [0.25, 0.3) is 0 Å². The first kappa shape index (κ1) is 24.4. The fraction of sp³-hybridized carbons (Fsp3) is 0.240. The number of carbonyl (C=O) groups excluding carboxylic acids is 1. The Labute approximate surface area is 197 Å². The Bertz CT molecular complexity index is 1060. The van der Waals surface area contributed by atoms with Gasteiger partial charge in [-0.25, -0.2) is 4.79 Å². The highest BCUT2D eigenvalue weighted by molar-refractivity contribution is 6.30. The van der Waals surface area contributed by atoms with Crippen molar-refractivity contribution in [1.29, 1.82) is 0 Å². The topological polar surface area (TPSA) is 94.4 Å². The van der Waals surface area contributed by atoms with E-state index in [-0.39, 0.29) is 17.9 Å². The number of rotatable bonds is 9. The number of aliphatic imine (C=N–C) groups is 1. The average molecular weight is 470 g/mol. The number of aliphatic carboxylic acids is 1. The maximum atomic E-state index is 13.3. The third-order valence-electron chi connectivity index (χ3n) is 5.13. The highest BCUT2D eigenvalue weighted by Crippen LogP contribution is 2.39. The van der Waals surface area contributed by atoms with Gasteiger partial charge in [0.2, 0.25) is 6.29 Å².